The Morgan fingerprint density at radius 1 is 1.00 bits per heavy atom. The molecule has 8 nitrogen and oxygen atoms in total. The summed E-state index contributed by atoms with van der Waals surface area (Å²) < 4.78 is 27.8. The number of nitrogens with one attached hydrogen (secondary N) is 1. The Morgan fingerprint density at radius 2 is 1.75 bits per heavy atom. The number of nitrogens with zero attached hydrogens (tertiary/aromatic N) is 3. The molecule has 32 heavy (non-hydrogen) atoms. The van der Waals surface area contributed by atoms with Crippen LogP contribution in [-0.4, -0.2) is 49.2 Å². The molecule has 0 saturated carbocycles. The van der Waals surface area contributed by atoms with E-state index in [1.165, 1.54) is 15.6 Å². The molecule has 2 aliphatic heterocycles. The van der Waals surface area contributed by atoms with Gasteiger partial charge in [0.15, 0.2) is 5.13 Å². The molecule has 0 unspecified atom stereocenters. The molecule has 5 rings (SSSR count). The third-order valence-corrected chi connectivity index (χ3v) is 8.63. The topological polar surface area (TPSA) is 99.7 Å². The van der Waals surface area contributed by atoms with Crippen LogP contribution in [0.15, 0.2) is 47.4 Å². The molecule has 3 aromatic rings. The van der Waals surface area contributed by atoms with Gasteiger partial charge in [0, 0.05) is 37.3 Å². The van der Waals surface area contributed by atoms with Gasteiger partial charge in [0.25, 0.3) is 5.91 Å². The van der Waals surface area contributed by atoms with Crippen molar-refractivity contribution < 1.29 is 18.0 Å². The van der Waals surface area contributed by atoms with Crippen molar-refractivity contribution in [2.75, 3.05) is 29.9 Å². The van der Waals surface area contributed by atoms with E-state index in [4.69, 9.17) is 0 Å². The number of amides is 2. The minimum Gasteiger partial charge on any atom is -0.312 e. The van der Waals surface area contributed by atoms with Crippen LogP contribution >= 0.6 is 11.3 Å². The molecule has 0 aliphatic carbocycles. The summed E-state index contributed by atoms with van der Waals surface area (Å²) in [5, 5.41) is 3.19. The Morgan fingerprint density at radius 3 is 2.44 bits per heavy atom. The Hall–Kier alpha value is -2.82. The third kappa shape index (κ3) is 3.89. The number of benzene rings is 2. The molecule has 0 radical (unpaired) electrons. The van der Waals surface area contributed by atoms with E-state index >= 15 is 0 Å². The van der Waals surface area contributed by atoms with Crippen LogP contribution in [0.5, 0.6) is 0 Å². The second kappa shape index (κ2) is 8.27. The normalized spacial score (nSPS) is 17.4. The largest absolute Gasteiger partial charge is 0.312 e. The van der Waals surface area contributed by atoms with Gasteiger partial charge in [-0.05, 0) is 61.7 Å². The number of thiazole rings is 1. The molecule has 2 saturated heterocycles. The Labute approximate surface area is 189 Å². The van der Waals surface area contributed by atoms with E-state index in [2.05, 4.69) is 10.3 Å². The highest BCUT2D eigenvalue weighted by Gasteiger charge is 2.27. The van der Waals surface area contributed by atoms with Crippen molar-refractivity contribution in [2.24, 2.45) is 0 Å². The van der Waals surface area contributed by atoms with Crippen molar-refractivity contribution in [3.8, 4) is 0 Å². The van der Waals surface area contributed by atoms with E-state index in [1.54, 1.807) is 47.4 Å². The Kier molecular flexibility index (Phi) is 5.44. The number of rotatable bonds is 5. The van der Waals surface area contributed by atoms with E-state index in [0.717, 1.165) is 24.9 Å². The number of aromatic nitrogens is 1. The maximum atomic E-state index is 12.8. The van der Waals surface area contributed by atoms with Crippen LogP contribution in [0.2, 0.25) is 0 Å². The van der Waals surface area contributed by atoms with Crippen LogP contribution in [0.1, 0.15) is 36.0 Å². The molecule has 0 bridgehead atoms. The predicted octanol–water partition coefficient (Wildman–Crippen LogP) is 3.46. The molecule has 166 valence electrons. The van der Waals surface area contributed by atoms with Gasteiger partial charge in [-0.3, -0.25) is 14.9 Å². The summed E-state index contributed by atoms with van der Waals surface area (Å²) in [6.45, 7) is 1.80. The summed E-state index contributed by atoms with van der Waals surface area (Å²) in [4.78, 5) is 30.9. The zero-order valence-corrected chi connectivity index (χ0v) is 18.9. The molecule has 2 amide bonds. The monoisotopic (exact) mass is 470 g/mol. The fourth-order valence-electron chi connectivity index (χ4n) is 4.08. The maximum Gasteiger partial charge on any atom is 0.257 e. The lowest BCUT2D eigenvalue weighted by molar-refractivity contribution is -0.117. The van der Waals surface area contributed by atoms with Gasteiger partial charge >= 0.3 is 0 Å². The number of carbonyl (C=O) groups excluding carboxylic acids is 2. The molecule has 10 heteroatoms. The zero-order chi connectivity index (χ0) is 22.3. The first-order valence-electron chi connectivity index (χ1n) is 10.5. The van der Waals surface area contributed by atoms with Gasteiger partial charge in [-0.2, -0.15) is 4.31 Å². The molecule has 0 spiro atoms. The fraction of sp³-hybridized carbons (Fsp3) is 0.318. The lowest BCUT2D eigenvalue weighted by atomic mass is 10.2. The Balaban J connectivity index is 1.33. The molecule has 3 heterocycles. The van der Waals surface area contributed by atoms with Gasteiger partial charge in [-0.25, -0.2) is 13.4 Å². The third-order valence-electron chi connectivity index (χ3n) is 5.80. The number of anilines is 2. The van der Waals surface area contributed by atoms with Gasteiger partial charge in [-0.1, -0.05) is 11.3 Å². The van der Waals surface area contributed by atoms with Crippen LogP contribution < -0.4 is 10.2 Å². The number of hydrogen-bond acceptors (Lipinski definition) is 6. The highest BCUT2D eigenvalue weighted by Crippen LogP contribution is 2.30. The minimum atomic E-state index is -3.51. The summed E-state index contributed by atoms with van der Waals surface area (Å²) in [5.74, 6) is -0.212. The second-order valence-electron chi connectivity index (χ2n) is 7.91. The van der Waals surface area contributed by atoms with Crippen LogP contribution in [0, 0.1) is 0 Å². The fourth-order valence-corrected chi connectivity index (χ4v) is 6.60. The first-order chi connectivity index (χ1) is 15.4. The molecule has 1 N–H and O–H groups in total. The highest BCUT2D eigenvalue weighted by molar-refractivity contribution is 7.89. The smallest absolute Gasteiger partial charge is 0.257 e. The maximum absolute atomic E-state index is 12.8. The van der Waals surface area contributed by atoms with Gasteiger partial charge in [-0.15, -0.1) is 0 Å². The summed E-state index contributed by atoms with van der Waals surface area (Å²) in [6, 6.07) is 11.8. The molecule has 0 atom stereocenters. The lowest BCUT2D eigenvalue weighted by Gasteiger charge is -2.15. The van der Waals surface area contributed by atoms with Crippen molar-refractivity contribution in [2.45, 2.75) is 30.6 Å². The van der Waals surface area contributed by atoms with E-state index in [9.17, 15) is 18.0 Å². The average molecular weight is 471 g/mol. The van der Waals surface area contributed by atoms with Crippen LogP contribution in [0.25, 0.3) is 10.2 Å². The van der Waals surface area contributed by atoms with E-state index in [0.29, 0.717) is 47.0 Å². The van der Waals surface area contributed by atoms with Gasteiger partial charge in [0.1, 0.15) is 0 Å². The van der Waals surface area contributed by atoms with E-state index in [-0.39, 0.29) is 16.7 Å². The molecule has 2 fully saturated rings. The molecular formula is C22H22N4O4S2. The standard InChI is InChI=1S/C22H22N4O4S2/c27-20-4-3-13-26(20)16-7-5-15(6-8-16)21(28)24-22-23-18-10-9-17(14-19(18)31-22)32(29,30)25-11-1-2-12-25/h5-10,14H,1-4,11-13H2,(H,23,24,28). The molecule has 2 aliphatic rings. The van der Waals surface area contributed by atoms with E-state index < -0.39 is 10.0 Å². The van der Waals surface area contributed by atoms with E-state index in [1.807, 2.05) is 0 Å². The number of sulfonamides is 1. The highest BCUT2D eigenvalue weighted by atomic mass is 32.2. The molecule has 1 aromatic heterocycles. The second-order valence-corrected chi connectivity index (χ2v) is 10.9. The van der Waals surface area contributed by atoms with Crippen molar-refractivity contribution in [3.63, 3.8) is 0 Å². The van der Waals surface area contributed by atoms with Gasteiger partial charge in [0.2, 0.25) is 15.9 Å². The average Bonchev–Trinajstić information content (AvgIpc) is 3.54. The number of fused-ring (bicyclic) bond motifs is 1. The van der Waals surface area contributed by atoms with Gasteiger partial charge < -0.3 is 4.90 Å². The quantitative estimate of drug-likeness (QED) is 0.616. The number of carbonyl (C=O) groups is 2. The van der Waals surface area contributed by atoms with Crippen LogP contribution in [0.3, 0.4) is 0 Å². The summed E-state index contributed by atoms with van der Waals surface area (Å²) in [6.07, 6.45) is 3.17. The first kappa shape index (κ1) is 21.0. The van der Waals surface area contributed by atoms with Crippen molar-refractivity contribution in [3.05, 3.63) is 48.0 Å². The predicted molar refractivity (Wildman–Crippen MR) is 124 cm³/mol. The van der Waals surface area contributed by atoms with Crippen molar-refractivity contribution in [1.82, 2.24) is 9.29 Å². The zero-order valence-electron chi connectivity index (χ0n) is 17.3. The number of hydrogen-bond donors (Lipinski definition) is 1. The summed E-state index contributed by atoms with van der Waals surface area (Å²) in [7, 11) is -3.51. The molecular weight excluding hydrogens is 448 g/mol. The Bertz CT molecular complexity index is 1300. The van der Waals surface area contributed by atoms with Crippen LogP contribution in [-0.2, 0) is 14.8 Å². The first-order valence-corrected chi connectivity index (χ1v) is 12.8. The molecule has 2 aromatic carbocycles. The summed E-state index contributed by atoms with van der Waals surface area (Å²) in [5.41, 5.74) is 1.88. The van der Waals surface area contributed by atoms with Crippen LogP contribution in [0.4, 0.5) is 10.8 Å². The SMILES string of the molecule is O=C(Nc1nc2ccc(S(=O)(=O)N3CCCC3)cc2s1)c1ccc(N2CCCC2=O)cc1. The van der Waals surface area contributed by atoms with Crippen molar-refractivity contribution in [1.29, 1.82) is 0 Å². The lowest BCUT2D eigenvalue weighted by Crippen LogP contribution is -2.27. The minimum absolute atomic E-state index is 0.0998. The summed E-state index contributed by atoms with van der Waals surface area (Å²) >= 11 is 1.24. The van der Waals surface area contributed by atoms with Gasteiger partial charge in [0.05, 0.1) is 15.1 Å². The van der Waals surface area contributed by atoms with Crippen molar-refractivity contribution >= 4 is 54.2 Å².